The number of anilines is 1. The van der Waals surface area contributed by atoms with E-state index in [0.29, 0.717) is 6.04 Å². The van der Waals surface area contributed by atoms with Gasteiger partial charge in [-0.1, -0.05) is 22.9 Å². The summed E-state index contributed by atoms with van der Waals surface area (Å²) in [6, 6.07) is 4.60. The van der Waals surface area contributed by atoms with Crippen LogP contribution >= 0.6 is 15.9 Å². The molecule has 14 heavy (non-hydrogen) atoms. The normalized spacial score (nSPS) is 19.5. The van der Waals surface area contributed by atoms with Gasteiger partial charge in [0.2, 0.25) is 0 Å². The Kier molecular flexibility index (Phi) is 2.68. The number of ether oxygens (including phenoxy) is 1. The van der Waals surface area contributed by atoms with E-state index in [1.54, 1.807) is 0 Å². The van der Waals surface area contributed by atoms with Crippen LogP contribution in [0.25, 0.3) is 0 Å². The van der Waals surface area contributed by atoms with Crippen LogP contribution in [0.15, 0.2) is 16.6 Å². The van der Waals surface area contributed by atoms with Crippen LogP contribution in [0, 0.1) is 6.92 Å². The van der Waals surface area contributed by atoms with Gasteiger partial charge in [-0.15, -0.1) is 0 Å². The summed E-state index contributed by atoms with van der Waals surface area (Å²) in [6.45, 7) is 5.01. The third kappa shape index (κ3) is 1.73. The summed E-state index contributed by atoms with van der Waals surface area (Å²) in [4.78, 5) is 0. The Labute approximate surface area is 92.8 Å². The molecule has 0 saturated heterocycles. The minimum absolute atomic E-state index is 0.447. The highest BCUT2D eigenvalue weighted by atomic mass is 79.9. The summed E-state index contributed by atoms with van der Waals surface area (Å²) < 4.78 is 6.77. The molecule has 3 heteroatoms. The lowest BCUT2D eigenvalue weighted by atomic mass is 10.1. The smallest absolute Gasteiger partial charge is 0.143 e. The topological polar surface area (TPSA) is 21.3 Å². The van der Waals surface area contributed by atoms with Gasteiger partial charge in [0, 0.05) is 4.47 Å². The first-order chi connectivity index (χ1) is 6.70. The average molecular weight is 256 g/mol. The van der Waals surface area contributed by atoms with Crippen LogP contribution in [-0.4, -0.2) is 12.6 Å². The monoisotopic (exact) mass is 255 g/mol. The van der Waals surface area contributed by atoms with E-state index in [4.69, 9.17) is 4.74 Å². The largest absolute Gasteiger partial charge is 0.489 e. The minimum Gasteiger partial charge on any atom is -0.489 e. The van der Waals surface area contributed by atoms with Crippen molar-refractivity contribution >= 4 is 21.6 Å². The molecular formula is C11H14BrNO. The summed E-state index contributed by atoms with van der Waals surface area (Å²) in [5.74, 6) is 0.951. The molecule has 1 aromatic rings. The molecular weight excluding hydrogens is 242 g/mol. The summed E-state index contributed by atoms with van der Waals surface area (Å²) in [6.07, 6.45) is 1.09. The highest BCUT2D eigenvalue weighted by Crippen LogP contribution is 2.34. The highest BCUT2D eigenvalue weighted by Gasteiger charge is 2.17. The van der Waals surface area contributed by atoms with Crippen LogP contribution in [0.1, 0.15) is 18.9 Å². The van der Waals surface area contributed by atoms with Gasteiger partial charge in [-0.2, -0.15) is 0 Å². The third-order valence-electron chi connectivity index (χ3n) is 2.55. The van der Waals surface area contributed by atoms with Gasteiger partial charge in [-0.25, -0.2) is 0 Å². The Morgan fingerprint density at radius 1 is 1.57 bits per heavy atom. The molecule has 0 bridgehead atoms. The molecule has 1 aliphatic rings. The molecule has 0 aliphatic carbocycles. The molecule has 0 fully saturated rings. The molecule has 0 spiro atoms. The van der Waals surface area contributed by atoms with Crippen LogP contribution in [0.5, 0.6) is 5.75 Å². The van der Waals surface area contributed by atoms with Gasteiger partial charge >= 0.3 is 0 Å². The number of hydrogen-bond donors (Lipinski definition) is 1. The van der Waals surface area contributed by atoms with Gasteiger partial charge in [-0.05, 0) is 31.0 Å². The summed E-state index contributed by atoms with van der Waals surface area (Å²) in [5.41, 5.74) is 2.35. The fraction of sp³-hybridized carbons (Fsp3) is 0.455. The Hall–Kier alpha value is -0.700. The van der Waals surface area contributed by atoms with Crippen LogP contribution in [0.2, 0.25) is 0 Å². The maximum atomic E-state index is 5.67. The Morgan fingerprint density at radius 3 is 3.07 bits per heavy atom. The molecule has 1 N–H and O–H groups in total. The average Bonchev–Trinajstić information content (AvgIpc) is 2.19. The van der Waals surface area contributed by atoms with E-state index in [2.05, 4.69) is 41.2 Å². The lowest BCUT2D eigenvalue weighted by Crippen LogP contribution is -2.30. The van der Waals surface area contributed by atoms with Crippen LogP contribution in [0.3, 0.4) is 0 Å². The molecule has 1 aliphatic heterocycles. The van der Waals surface area contributed by atoms with Crippen molar-refractivity contribution in [1.82, 2.24) is 0 Å². The molecule has 76 valence electrons. The van der Waals surface area contributed by atoms with Gasteiger partial charge in [0.25, 0.3) is 0 Å². The molecule has 0 radical (unpaired) electrons. The van der Waals surface area contributed by atoms with Crippen molar-refractivity contribution in [3.63, 3.8) is 0 Å². The highest BCUT2D eigenvalue weighted by molar-refractivity contribution is 9.10. The van der Waals surface area contributed by atoms with Crippen molar-refractivity contribution in [2.24, 2.45) is 0 Å². The zero-order chi connectivity index (χ0) is 10.1. The lowest BCUT2D eigenvalue weighted by molar-refractivity contribution is 0.281. The first-order valence-corrected chi connectivity index (χ1v) is 5.69. The molecule has 0 aromatic heterocycles. The number of hydrogen-bond acceptors (Lipinski definition) is 2. The molecule has 1 aromatic carbocycles. The number of benzene rings is 1. The molecule has 1 heterocycles. The maximum absolute atomic E-state index is 5.67. The zero-order valence-electron chi connectivity index (χ0n) is 8.43. The number of nitrogens with one attached hydrogen (secondary N) is 1. The van der Waals surface area contributed by atoms with E-state index >= 15 is 0 Å². The number of aryl methyl sites for hydroxylation is 1. The van der Waals surface area contributed by atoms with Gasteiger partial charge in [-0.3, -0.25) is 0 Å². The molecule has 0 saturated carbocycles. The van der Waals surface area contributed by atoms with Crippen molar-refractivity contribution in [2.75, 3.05) is 11.9 Å². The zero-order valence-corrected chi connectivity index (χ0v) is 10.0. The van der Waals surface area contributed by atoms with Crippen LogP contribution < -0.4 is 10.1 Å². The van der Waals surface area contributed by atoms with Crippen molar-refractivity contribution in [3.8, 4) is 5.75 Å². The first-order valence-electron chi connectivity index (χ1n) is 4.90. The van der Waals surface area contributed by atoms with E-state index in [1.807, 2.05) is 6.07 Å². The second-order valence-corrected chi connectivity index (χ2v) is 4.51. The number of rotatable bonds is 1. The molecule has 1 atom stereocenters. The summed E-state index contributed by atoms with van der Waals surface area (Å²) in [5, 5.41) is 3.47. The van der Waals surface area contributed by atoms with E-state index in [1.165, 1.54) is 5.56 Å². The standard InChI is InChI=1S/C11H14BrNO/c1-3-8-6-14-11-5-9(12)7(2)4-10(11)13-8/h4-5,8,13H,3,6H2,1-2H3. The third-order valence-corrected chi connectivity index (χ3v) is 3.41. The number of fused-ring (bicyclic) bond motifs is 1. The fourth-order valence-corrected chi connectivity index (χ4v) is 1.89. The van der Waals surface area contributed by atoms with Crippen LogP contribution in [-0.2, 0) is 0 Å². The van der Waals surface area contributed by atoms with E-state index < -0.39 is 0 Å². The van der Waals surface area contributed by atoms with E-state index in [0.717, 1.165) is 28.9 Å². The molecule has 1 unspecified atom stereocenters. The molecule has 2 rings (SSSR count). The Bertz CT molecular complexity index is 351. The van der Waals surface area contributed by atoms with Gasteiger partial charge in [0.1, 0.15) is 12.4 Å². The van der Waals surface area contributed by atoms with Gasteiger partial charge in [0.05, 0.1) is 11.7 Å². The second-order valence-electron chi connectivity index (χ2n) is 3.66. The number of halogens is 1. The van der Waals surface area contributed by atoms with Crippen LogP contribution in [0.4, 0.5) is 5.69 Å². The van der Waals surface area contributed by atoms with Crippen molar-refractivity contribution < 1.29 is 4.74 Å². The van der Waals surface area contributed by atoms with Gasteiger partial charge in [0.15, 0.2) is 0 Å². The van der Waals surface area contributed by atoms with Gasteiger partial charge < -0.3 is 10.1 Å². The van der Waals surface area contributed by atoms with Crippen molar-refractivity contribution in [2.45, 2.75) is 26.3 Å². The van der Waals surface area contributed by atoms with Crippen molar-refractivity contribution in [3.05, 3.63) is 22.2 Å². The molecule has 0 amide bonds. The maximum Gasteiger partial charge on any atom is 0.143 e. The Morgan fingerprint density at radius 2 is 2.36 bits per heavy atom. The minimum atomic E-state index is 0.447. The predicted molar refractivity (Wildman–Crippen MR) is 62.1 cm³/mol. The van der Waals surface area contributed by atoms with Crippen molar-refractivity contribution in [1.29, 1.82) is 0 Å². The first kappa shape index (κ1) is 9.84. The van der Waals surface area contributed by atoms with E-state index in [9.17, 15) is 0 Å². The summed E-state index contributed by atoms with van der Waals surface area (Å²) >= 11 is 3.50. The fourth-order valence-electron chi connectivity index (χ4n) is 1.57. The second kappa shape index (κ2) is 3.81. The molecule has 2 nitrogen and oxygen atoms in total. The Balaban J connectivity index is 2.33. The lowest BCUT2D eigenvalue weighted by Gasteiger charge is -2.27. The SMILES string of the molecule is CCC1COc2cc(Br)c(C)cc2N1. The quantitative estimate of drug-likeness (QED) is 0.832. The predicted octanol–water partition coefficient (Wildman–Crippen LogP) is 3.34. The van der Waals surface area contributed by atoms with E-state index in [-0.39, 0.29) is 0 Å². The summed E-state index contributed by atoms with van der Waals surface area (Å²) in [7, 11) is 0.